The average Bonchev–Trinajstić information content (AvgIpc) is 2.76. The summed E-state index contributed by atoms with van der Waals surface area (Å²) in [6.07, 6.45) is 43.9. The quantitative estimate of drug-likeness (QED) is 0.102. The van der Waals surface area contributed by atoms with E-state index in [1.807, 2.05) is 0 Å². The molecule has 0 N–H and O–H groups in total. The highest BCUT2D eigenvalue weighted by atomic mass is 14.0. The first kappa shape index (κ1) is 29.5. The fraction of sp³-hybridized carbons (Fsp3) is 0.833. The van der Waals surface area contributed by atoms with Crippen molar-refractivity contribution in [3.8, 4) is 0 Å². The van der Waals surface area contributed by atoms with Crippen molar-refractivity contribution in [1.82, 2.24) is 0 Å². The lowest BCUT2D eigenvalue weighted by molar-refractivity contribution is 0.579. The van der Waals surface area contributed by atoms with Gasteiger partial charge in [-0.15, -0.1) is 0 Å². The smallest absolute Gasteiger partial charge is 0.0351 e. The molecule has 0 saturated carbocycles. The first-order valence-electron chi connectivity index (χ1n) is 14.0. The summed E-state index contributed by atoms with van der Waals surface area (Å²) in [5, 5.41) is 0. The third-order valence-corrected chi connectivity index (χ3v) is 6.09. The van der Waals surface area contributed by atoms with Crippen LogP contribution >= 0.6 is 0 Å². The number of unbranched alkanes of at least 4 members (excludes halogenated alkanes) is 21. The van der Waals surface area contributed by atoms with E-state index in [9.17, 15) is 0 Å². The lowest BCUT2D eigenvalue weighted by Gasteiger charge is -2.03. The fourth-order valence-corrected chi connectivity index (χ4v) is 3.97. The fourth-order valence-electron chi connectivity index (χ4n) is 3.97. The number of rotatable bonds is 25. The third kappa shape index (κ3) is 27.5. The molecule has 0 aromatic carbocycles. The van der Waals surface area contributed by atoms with Crippen molar-refractivity contribution in [1.29, 1.82) is 0 Å². The van der Waals surface area contributed by atoms with Crippen LogP contribution in [0, 0.1) is 6.42 Å². The Morgan fingerprint density at radius 3 is 1.00 bits per heavy atom. The summed E-state index contributed by atoms with van der Waals surface area (Å²) in [6.45, 7) is 4.55. The van der Waals surface area contributed by atoms with E-state index >= 15 is 0 Å². The molecule has 0 aliphatic heterocycles. The van der Waals surface area contributed by atoms with Gasteiger partial charge in [-0.25, -0.2) is 0 Å². The summed E-state index contributed by atoms with van der Waals surface area (Å²) in [4.78, 5) is 0. The molecule has 0 aromatic rings. The van der Waals surface area contributed by atoms with Crippen LogP contribution < -0.4 is 0 Å². The van der Waals surface area contributed by atoms with Crippen molar-refractivity contribution < 1.29 is 0 Å². The van der Waals surface area contributed by atoms with Gasteiger partial charge < -0.3 is 0 Å². The van der Waals surface area contributed by atoms with E-state index in [0.29, 0.717) is 0 Å². The minimum absolute atomic E-state index is 1.28. The highest BCUT2D eigenvalue weighted by molar-refractivity contribution is 4.81. The van der Waals surface area contributed by atoms with Gasteiger partial charge in [0.1, 0.15) is 0 Å². The van der Waals surface area contributed by atoms with Crippen molar-refractivity contribution in [2.75, 3.05) is 0 Å². The molecule has 0 aliphatic carbocycles. The Kier molecular flexibility index (Phi) is 28.0. The van der Waals surface area contributed by atoms with Crippen LogP contribution in [0.4, 0.5) is 0 Å². The zero-order valence-electron chi connectivity index (χ0n) is 21.2. The van der Waals surface area contributed by atoms with Crippen LogP contribution in [-0.2, 0) is 0 Å². The Morgan fingerprint density at radius 1 is 0.300 bits per heavy atom. The van der Waals surface area contributed by atoms with Gasteiger partial charge in [0, 0.05) is 0 Å². The monoisotopic (exact) mass is 417 g/mol. The van der Waals surface area contributed by atoms with Crippen molar-refractivity contribution >= 4 is 0 Å². The van der Waals surface area contributed by atoms with Gasteiger partial charge in [0.2, 0.25) is 0 Å². The number of hydrogen-bond acceptors (Lipinski definition) is 0. The van der Waals surface area contributed by atoms with Crippen LogP contribution in [0.25, 0.3) is 0 Å². The summed E-state index contributed by atoms with van der Waals surface area (Å²) in [7, 11) is 0. The number of allylic oxidation sites excluding steroid dienone is 4. The summed E-state index contributed by atoms with van der Waals surface area (Å²) in [5.74, 6) is 0. The molecule has 0 saturated heterocycles. The maximum atomic E-state index is 2.56. The molecule has 0 heterocycles. The second-order valence-corrected chi connectivity index (χ2v) is 9.27. The molecule has 0 atom stereocenters. The van der Waals surface area contributed by atoms with Gasteiger partial charge in [0.05, 0.1) is 0 Å². The summed E-state index contributed by atoms with van der Waals surface area (Å²) in [5.41, 5.74) is 0. The molecule has 1 radical (unpaired) electrons. The van der Waals surface area contributed by atoms with Crippen molar-refractivity contribution in [2.24, 2.45) is 0 Å². The van der Waals surface area contributed by atoms with Crippen LogP contribution in [0.1, 0.15) is 162 Å². The van der Waals surface area contributed by atoms with Gasteiger partial charge in [-0.05, 0) is 51.4 Å². The van der Waals surface area contributed by atoms with E-state index in [1.54, 1.807) is 0 Å². The van der Waals surface area contributed by atoms with E-state index in [-0.39, 0.29) is 0 Å². The predicted molar refractivity (Wildman–Crippen MR) is 140 cm³/mol. The van der Waals surface area contributed by atoms with Crippen LogP contribution in [-0.4, -0.2) is 0 Å². The zero-order chi connectivity index (χ0) is 21.8. The molecule has 30 heavy (non-hydrogen) atoms. The minimum atomic E-state index is 1.28. The molecular weight excluding hydrogens is 360 g/mol. The van der Waals surface area contributed by atoms with E-state index in [1.165, 1.54) is 148 Å². The third-order valence-electron chi connectivity index (χ3n) is 6.09. The zero-order valence-corrected chi connectivity index (χ0v) is 21.2. The molecule has 0 bridgehead atoms. The highest BCUT2D eigenvalue weighted by Gasteiger charge is 1.94. The maximum Gasteiger partial charge on any atom is -0.0351 e. The Morgan fingerprint density at radius 2 is 0.600 bits per heavy atom. The first-order valence-corrected chi connectivity index (χ1v) is 14.0. The lowest BCUT2D eigenvalue weighted by atomic mass is 10.0. The standard InChI is InChI=1S/C30H57/c1-3-5-7-9-11-13-15-17-19-21-23-25-27-29-30-28-26-24-22-20-18-16-14-12-10-8-6-4-2/h9,11,14,16,29H,3-8,10,12-13,15,17-28,30H2,1-2H3/b11-9-,16-14-. The van der Waals surface area contributed by atoms with Gasteiger partial charge in [0.25, 0.3) is 0 Å². The first-order chi connectivity index (χ1) is 14.9. The summed E-state index contributed by atoms with van der Waals surface area (Å²) >= 11 is 0. The van der Waals surface area contributed by atoms with Gasteiger partial charge >= 0.3 is 0 Å². The van der Waals surface area contributed by atoms with Gasteiger partial charge in [0.15, 0.2) is 0 Å². The molecule has 177 valence electrons. The van der Waals surface area contributed by atoms with Crippen molar-refractivity contribution in [3.05, 3.63) is 30.7 Å². The molecular formula is C30H57. The van der Waals surface area contributed by atoms with E-state index in [0.717, 1.165) is 0 Å². The van der Waals surface area contributed by atoms with Gasteiger partial charge in [-0.1, -0.05) is 141 Å². The minimum Gasteiger partial charge on any atom is -0.0885 e. The molecule has 0 nitrogen and oxygen atoms in total. The predicted octanol–water partition coefficient (Wildman–Crippen LogP) is 11.3. The average molecular weight is 418 g/mol. The molecule has 0 rings (SSSR count). The second kappa shape index (κ2) is 28.5. The van der Waals surface area contributed by atoms with Crippen molar-refractivity contribution in [2.45, 2.75) is 162 Å². The second-order valence-electron chi connectivity index (χ2n) is 9.27. The summed E-state index contributed by atoms with van der Waals surface area (Å²) in [6, 6.07) is 0. The lowest BCUT2D eigenvalue weighted by Crippen LogP contribution is -1.84. The SMILES string of the molecule is CCCC/C=C\CCCCCCCC[CH]CCCCCCC/C=C\CCCCCC. The molecule has 0 unspecified atom stereocenters. The van der Waals surface area contributed by atoms with E-state index in [4.69, 9.17) is 0 Å². The Labute approximate surface area is 192 Å². The van der Waals surface area contributed by atoms with Crippen LogP contribution in [0.15, 0.2) is 24.3 Å². The van der Waals surface area contributed by atoms with Crippen LogP contribution in [0.5, 0.6) is 0 Å². The number of hydrogen-bond donors (Lipinski definition) is 0. The van der Waals surface area contributed by atoms with Crippen LogP contribution in [0.3, 0.4) is 0 Å². The molecule has 0 spiro atoms. The summed E-state index contributed by atoms with van der Waals surface area (Å²) < 4.78 is 0. The normalized spacial score (nSPS) is 11.9. The Balaban J connectivity index is 3.06. The highest BCUT2D eigenvalue weighted by Crippen LogP contribution is 2.13. The van der Waals surface area contributed by atoms with Gasteiger partial charge in [-0.2, -0.15) is 0 Å². The molecule has 0 heteroatoms. The molecule has 0 aromatic heterocycles. The van der Waals surface area contributed by atoms with Crippen LogP contribution in [0.2, 0.25) is 0 Å². The molecule has 0 amide bonds. The largest absolute Gasteiger partial charge is 0.0885 e. The topological polar surface area (TPSA) is 0 Å². The van der Waals surface area contributed by atoms with E-state index in [2.05, 4.69) is 44.6 Å². The van der Waals surface area contributed by atoms with Crippen molar-refractivity contribution in [3.63, 3.8) is 0 Å². The Bertz CT molecular complexity index is 338. The van der Waals surface area contributed by atoms with E-state index < -0.39 is 0 Å². The molecule has 0 aliphatic rings. The molecule has 0 fully saturated rings. The van der Waals surface area contributed by atoms with Gasteiger partial charge in [-0.3, -0.25) is 0 Å². The Hall–Kier alpha value is -0.520. The maximum absolute atomic E-state index is 2.56.